The first kappa shape index (κ1) is 11.8. The molecule has 3 N–H and O–H groups in total. The van der Waals surface area contributed by atoms with Gasteiger partial charge in [0.15, 0.2) is 0 Å². The summed E-state index contributed by atoms with van der Waals surface area (Å²) in [4.78, 5) is 11.5. The van der Waals surface area contributed by atoms with E-state index >= 15 is 0 Å². The summed E-state index contributed by atoms with van der Waals surface area (Å²) in [7, 11) is 0. The van der Waals surface area contributed by atoms with Crippen LogP contribution in [0.2, 0.25) is 5.02 Å². The van der Waals surface area contributed by atoms with E-state index in [-0.39, 0.29) is 29.3 Å². The van der Waals surface area contributed by atoms with E-state index in [0.717, 1.165) is 0 Å². The minimum absolute atomic E-state index is 0.0663. The Bertz CT molecular complexity index is 368. The maximum atomic E-state index is 11.5. The fraction of sp³-hybridized carbons (Fsp3) is 0.300. The molecule has 0 aliphatic rings. The van der Waals surface area contributed by atoms with Gasteiger partial charge >= 0.3 is 0 Å². The molecule has 0 aliphatic heterocycles. The fourth-order valence-corrected chi connectivity index (χ4v) is 1.18. The van der Waals surface area contributed by atoms with Gasteiger partial charge in [-0.15, -0.1) is 0 Å². The molecule has 1 atom stereocenters. The number of hydrogen-bond acceptors (Lipinski definition) is 3. The molecule has 4 nitrogen and oxygen atoms in total. The molecule has 15 heavy (non-hydrogen) atoms. The van der Waals surface area contributed by atoms with E-state index in [1.54, 1.807) is 6.92 Å². The molecule has 5 heteroatoms. The molecule has 0 aliphatic carbocycles. The summed E-state index contributed by atoms with van der Waals surface area (Å²) in [5, 5.41) is 20.6. The molecule has 0 saturated heterocycles. The van der Waals surface area contributed by atoms with Gasteiger partial charge in [-0.3, -0.25) is 4.79 Å². The Labute approximate surface area is 92.5 Å². The first-order valence-corrected chi connectivity index (χ1v) is 4.82. The zero-order valence-corrected chi connectivity index (χ0v) is 8.95. The Morgan fingerprint density at radius 3 is 2.80 bits per heavy atom. The highest BCUT2D eigenvalue weighted by atomic mass is 35.5. The van der Waals surface area contributed by atoms with E-state index < -0.39 is 0 Å². The molecule has 0 bridgehead atoms. The SMILES string of the molecule is C[C@@H](CO)NC(=O)c1ccc(O)c(Cl)c1. The number of nitrogens with one attached hydrogen (secondary N) is 1. The van der Waals surface area contributed by atoms with Crippen LogP contribution in [-0.2, 0) is 0 Å². The number of carbonyl (C=O) groups excluding carboxylic acids is 1. The molecule has 82 valence electrons. The van der Waals surface area contributed by atoms with Gasteiger partial charge in [0, 0.05) is 11.6 Å². The molecule has 1 aromatic rings. The van der Waals surface area contributed by atoms with Crippen LogP contribution in [0.15, 0.2) is 18.2 Å². The predicted molar refractivity (Wildman–Crippen MR) is 57.1 cm³/mol. The molecule has 1 amide bonds. The molecule has 0 saturated carbocycles. The van der Waals surface area contributed by atoms with Crippen LogP contribution in [0.25, 0.3) is 0 Å². The Hall–Kier alpha value is -1.26. The van der Waals surface area contributed by atoms with Crippen LogP contribution >= 0.6 is 11.6 Å². The van der Waals surface area contributed by atoms with Gasteiger partial charge in [-0.1, -0.05) is 11.6 Å². The van der Waals surface area contributed by atoms with Crippen LogP contribution in [0, 0.1) is 0 Å². The first-order chi connectivity index (χ1) is 7.04. The molecule has 1 aromatic carbocycles. The number of benzene rings is 1. The van der Waals surface area contributed by atoms with Crippen molar-refractivity contribution in [1.82, 2.24) is 5.32 Å². The van der Waals surface area contributed by atoms with Gasteiger partial charge in [0.2, 0.25) is 0 Å². The monoisotopic (exact) mass is 229 g/mol. The summed E-state index contributed by atoms with van der Waals surface area (Å²) in [6.07, 6.45) is 0. The van der Waals surface area contributed by atoms with Crippen molar-refractivity contribution in [1.29, 1.82) is 0 Å². The van der Waals surface area contributed by atoms with Crippen molar-refractivity contribution in [2.45, 2.75) is 13.0 Å². The number of phenols is 1. The van der Waals surface area contributed by atoms with Crippen molar-refractivity contribution in [3.05, 3.63) is 28.8 Å². The van der Waals surface area contributed by atoms with Crippen LogP contribution in [0.5, 0.6) is 5.75 Å². The van der Waals surface area contributed by atoms with Gasteiger partial charge in [0.05, 0.1) is 11.6 Å². The topological polar surface area (TPSA) is 69.6 Å². The highest BCUT2D eigenvalue weighted by molar-refractivity contribution is 6.32. The second-order valence-electron chi connectivity index (χ2n) is 3.22. The molecule has 1 rings (SSSR count). The molecule has 0 fully saturated rings. The average molecular weight is 230 g/mol. The van der Waals surface area contributed by atoms with Crippen LogP contribution in [0.3, 0.4) is 0 Å². The lowest BCUT2D eigenvalue weighted by atomic mass is 10.2. The van der Waals surface area contributed by atoms with Crippen molar-refractivity contribution < 1.29 is 15.0 Å². The number of amides is 1. The van der Waals surface area contributed by atoms with Gasteiger partial charge in [-0.2, -0.15) is 0 Å². The zero-order chi connectivity index (χ0) is 11.4. The summed E-state index contributed by atoms with van der Waals surface area (Å²) < 4.78 is 0. The summed E-state index contributed by atoms with van der Waals surface area (Å²) in [6.45, 7) is 1.55. The average Bonchev–Trinajstić information content (AvgIpc) is 2.21. The van der Waals surface area contributed by atoms with E-state index in [1.807, 2.05) is 0 Å². The second-order valence-corrected chi connectivity index (χ2v) is 3.63. The second kappa shape index (κ2) is 5.00. The summed E-state index contributed by atoms with van der Waals surface area (Å²) >= 11 is 5.65. The molecule has 0 unspecified atom stereocenters. The van der Waals surface area contributed by atoms with E-state index in [1.165, 1.54) is 18.2 Å². The summed E-state index contributed by atoms with van der Waals surface area (Å²) in [5.74, 6) is -0.401. The molecule has 0 spiro atoms. The Kier molecular flexibility index (Phi) is 3.94. The third-order valence-electron chi connectivity index (χ3n) is 1.86. The normalized spacial score (nSPS) is 12.2. The fourth-order valence-electron chi connectivity index (χ4n) is 1.00. The van der Waals surface area contributed by atoms with Gasteiger partial charge in [-0.05, 0) is 25.1 Å². The van der Waals surface area contributed by atoms with Crippen molar-refractivity contribution in [2.75, 3.05) is 6.61 Å². The third kappa shape index (κ3) is 3.11. The predicted octanol–water partition coefficient (Wildman–Crippen LogP) is 1.16. The molecular weight excluding hydrogens is 218 g/mol. The number of aliphatic hydroxyl groups excluding tert-OH is 1. The van der Waals surface area contributed by atoms with E-state index in [9.17, 15) is 4.79 Å². The maximum absolute atomic E-state index is 11.5. The molecule has 0 heterocycles. The molecular formula is C10H12ClNO3. The van der Waals surface area contributed by atoms with Crippen molar-refractivity contribution in [2.24, 2.45) is 0 Å². The van der Waals surface area contributed by atoms with Gasteiger partial charge in [0.1, 0.15) is 5.75 Å². The Balaban J connectivity index is 2.78. The zero-order valence-electron chi connectivity index (χ0n) is 8.20. The third-order valence-corrected chi connectivity index (χ3v) is 2.16. The highest BCUT2D eigenvalue weighted by Gasteiger charge is 2.10. The number of aromatic hydroxyl groups is 1. The standard InChI is InChI=1S/C10H12ClNO3/c1-6(5-13)12-10(15)7-2-3-9(14)8(11)4-7/h2-4,6,13-14H,5H2,1H3,(H,12,15)/t6-/m0/s1. The largest absolute Gasteiger partial charge is 0.506 e. The van der Waals surface area contributed by atoms with Gasteiger partial charge in [0.25, 0.3) is 5.91 Å². The van der Waals surface area contributed by atoms with Crippen molar-refractivity contribution >= 4 is 17.5 Å². The lowest BCUT2D eigenvalue weighted by molar-refractivity contribution is 0.0922. The number of halogens is 1. The lowest BCUT2D eigenvalue weighted by Gasteiger charge is -2.10. The minimum atomic E-state index is -0.335. The summed E-state index contributed by atoms with van der Waals surface area (Å²) in [5.41, 5.74) is 0.345. The molecule has 0 aromatic heterocycles. The van der Waals surface area contributed by atoms with E-state index in [4.69, 9.17) is 21.8 Å². The number of hydrogen-bond donors (Lipinski definition) is 3. The first-order valence-electron chi connectivity index (χ1n) is 4.45. The minimum Gasteiger partial charge on any atom is -0.506 e. The van der Waals surface area contributed by atoms with Crippen molar-refractivity contribution in [3.8, 4) is 5.75 Å². The highest BCUT2D eigenvalue weighted by Crippen LogP contribution is 2.23. The lowest BCUT2D eigenvalue weighted by Crippen LogP contribution is -2.34. The Morgan fingerprint density at radius 1 is 1.60 bits per heavy atom. The van der Waals surface area contributed by atoms with Crippen molar-refractivity contribution in [3.63, 3.8) is 0 Å². The van der Waals surface area contributed by atoms with Crippen LogP contribution in [0.1, 0.15) is 17.3 Å². The van der Waals surface area contributed by atoms with Crippen LogP contribution in [-0.4, -0.2) is 28.8 Å². The quantitative estimate of drug-likeness (QED) is 0.729. The number of aliphatic hydroxyl groups is 1. The Morgan fingerprint density at radius 2 is 2.27 bits per heavy atom. The number of carbonyl (C=O) groups is 1. The van der Waals surface area contributed by atoms with Crippen LogP contribution < -0.4 is 5.32 Å². The van der Waals surface area contributed by atoms with Gasteiger partial charge in [-0.25, -0.2) is 0 Å². The summed E-state index contributed by atoms with van der Waals surface area (Å²) in [6, 6.07) is 3.86. The van der Waals surface area contributed by atoms with Gasteiger partial charge < -0.3 is 15.5 Å². The maximum Gasteiger partial charge on any atom is 0.251 e. The van der Waals surface area contributed by atoms with E-state index in [0.29, 0.717) is 5.56 Å². The smallest absolute Gasteiger partial charge is 0.251 e. The molecule has 0 radical (unpaired) electrons. The number of rotatable bonds is 3. The van der Waals surface area contributed by atoms with Crippen LogP contribution in [0.4, 0.5) is 0 Å². The van der Waals surface area contributed by atoms with E-state index in [2.05, 4.69) is 5.32 Å². The number of phenolic OH excluding ortho intramolecular Hbond substituents is 1.